The SMILES string of the molecule is CC(=O)C(=O)CC(=O)c1ccsc1Cc1ccc(Cl)cc1. The number of hydrogen-bond donors (Lipinski definition) is 0. The molecule has 5 heteroatoms. The Kier molecular flexibility index (Phi) is 5.04. The van der Waals surface area contributed by atoms with Crippen molar-refractivity contribution >= 4 is 40.3 Å². The van der Waals surface area contributed by atoms with Crippen molar-refractivity contribution in [3.8, 4) is 0 Å². The van der Waals surface area contributed by atoms with Gasteiger partial charge in [-0.1, -0.05) is 23.7 Å². The Hall–Kier alpha value is -1.78. The van der Waals surface area contributed by atoms with Gasteiger partial charge in [-0.05, 0) is 29.1 Å². The van der Waals surface area contributed by atoms with Crippen LogP contribution in [-0.2, 0) is 16.0 Å². The molecule has 0 aliphatic rings. The number of carbonyl (C=O) groups excluding carboxylic acids is 3. The van der Waals surface area contributed by atoms with Gasteiger partial charge in [0.15, 0.2) is 11.6 Å². The van der Waals surface area contributed by atoms with E-state index in [2.05, 4.69) is 0 Å². The number of rotatable bonds is 6. The molecule has 21 heavy (non-hydrogen) atoms. The van der Waals surface area contributed by atoms with Crippen molar-refractivity contribution in [2.75, 3.05) is 0 Å². The second-order valence-corrected chi connectivity index (χ2v) is 6.08. The molecule has 0 N–H and O–H groups in total. The summed E-state index contributed by atoms with van der Waals surface area (Å²) in [6.07, 6.45) is 0.240. The van der Waals surface area contributed by atoms with E-state index < -0.39 is 11.6 Å². The summed E-state index contributed by atoms with van der Waals surface area (Å²) < 4.78 is 0. The van der Waals surface area contributed by atoms with Gasteiger partial charge in [-0.25, -0.2) is 0 Å². The molecule has 108 valence electrons. The third-order valence-electron chi connectivity index (χ3n) is 3.04. The molecule has 0 amide bonds. The molecule has 0 saturated carbocycles. The molecular formula is C16H13ClO3S. The van der Waals surface area contributed by atoms with E-state index in [1.165, 1.54) is 18.3 Å². The maximum atomic E-state index is 12.1. The highest BCUT2D eigenvalue weighted by Gasteiger charge is 2.18. The summed E-state index contributed by atoms with van der Waals surface area (Å²) in [7, 11) is 0. The van der Waals surface area contributed by atoms with Crippen molar-refractivity contribution in [1.82, 2.24) is 0 Å². The molecule has 0 aliphatic heterocycles. The van der Waals surface area contributed by atoms with Crippen molar-refractivity contribution in [2.24, 2.45) is 0 Å². The molecule has 0 atom stereocenters. The molecule has 0 fully saturated rings. The van der Waals surface area contributed by atoms with Gasteiger partial charge in [-0.2, -0.15) is 0 Å². The lowest BCUT2D eigenvalue weighted by Gasteiger charge is -2.03. The van der Waals surface area contributed by atoms with E-state index >= 15 is 0 Å². The zero-order chi connectivity index (χ0) is 15.4. The fourth-order valence-electron chi connectivity index (χ4n) is 1.88. The Bertz CT molecular complexity index is 686. The van der Waals surface area contributed by atoms with Crippen LogP contribution < -0.4 is 0 Å². The Morgan fingerprint density at radius 3 is 2.38 bits per heavy atom. The summed E-state index contributed by atoms with van der Waals surface area (Å²) in [5.74, 6) is -1.54. The molecule has 1 aromatic heterocycles. The van der Waals surface area contributed by atoms with E-state index in [-0.39, 0.29) is 12.2 Å². The monoisotopic (exact) mass is 320 g/mol. The second kappa shape index (κ2) is 6.78. The number of Topliss-reactive ketones (excluding diaryl/α,β-unsaturated/α-hetero) is 3. The smallest absolute Gasteiger partial charge is 0.205 e. The number of ketones is 3. The maximum absolute atomic E-state index is 12.1. The van der Waals surface area contributed by atoms with Crippen LogP contribution in [0.15, 0.2) is 35.7 Å². The van der Waals surface area contributed by atoms with Gasteiger partial charge in [0.1, 0.15) is 0 Å². The van der Waals surface area contributed by atoms with Gasteiger partial charge in [-0.15, -0.1) is 11.3 Å². The van der Waals surface area contributed by atoms with Crippen LogP contribution in [0.5, 0.6) is 0 Å². The molecule has 0 aliphatic carbocycles. The van der Waals surface area contributed by atoms with E-state index in [0.29, 0.717) is 17.0 Å². The first-order valence-electron chi connectivity index (χ1n) is 6.35. The third kappa shape index (κ3) is 4.09. The zero-order valence-corrected chi connectivity index (χ0v) is 13.0. The number of carbonyl (C=O) groups is 3. The standard InChI is InChI=1S/C16H13ClO3S/c1-10(18)14(19)9-15(20)13-6-7-21-16(13)8-11-2-4-12(17)5-3-11/h2-7H,8-9H2,1H3. The van der Waals surface area contributed by atoms with E-state index in [4.69, 9.17) is 11.6 Å². The Morgan fingerprint density at radius 1 is 1.10 bits per heavy atom. The predicted octanol–water partition coefficient (Wildman–Crippen LogP) is 3.72. The normalized spacial score (nSPS) is 10.4. The summed E-state index contributed by atoms with van der Waals surface area (Å²) in [5.41, 5.74) is 1.55. The van der Waals surface area contributed by atoms with Crippen molar-refractivity contribution in [1.29, 1.82) is 0 Å². The molecule has 0 unspecified atom stereocenters. The molecule has 0 radical (unpaired) electrons. The summed E-state index contributed by atoms with van der Waals surface area (Å²) >= 11 is 7.30. The quantitative estimate of drug-likeness (QED) is 0.463. The molecule has 2 rings (SSSR count). The first kappa shape index (κ1) is 15.6. The Morgan fingerprint density at radius 2 is 1.76 bits per heavy atom. The highest BCUT2D eigenvalue weighted by molar-refractivity contribution is 7.10. The molecule has 0 spiro atoms. The van der Waals surface area contributed by atoms with Crippen LogP contribution in [-0.4, -0.2) is 17.3 Å². The fourth-order valence-corrected chi connectivity index (χ4v) is 2.93. The number of hydrogen-bond acceptors (Lipinski definition) is 4. The molecule has 1 aromatic carbocycles. The van der Waals surface area contributed by atoms with E-state index in [0.717, 1.165) is 10.4 Å². The highest BCUT2D eigenvalue weighted by atomic mass is 35.5. The first-order chi connectivity index (χ1) is 9.97. The van der Waals surface area contributed by atoms with E-state index in [1.807, 2.05) is 17.5 Å². The van der Waals surface area contributed by atoms with Gasteiger partial charge < -0.3 is 0 Å². The summed E-state index contributed by atoms with van der Waals surface area (Å²) in [6.45, 7) is 1.18. The maximum Gasteiger partial charge on any atom is 0.205 e. The van der Waals surface area contributed by atoms with Crippen LogP contribution >= 0.6 is 22.9 Å². The molecule has 3 nitrogen and oxygen atoms in total. The van der Waals surface area contributed by atoms with Crippen molar-refractivity contribution in [3.05, 3.63) is 56.7 Å². The van der Waals surface area contributed by atoms with Gasteiger partial charge in [0.25, 0.3) is 0 Å². The molecule has 2 aromatic rings. The highest BCUT2D eigenvalue weighted by Crippen LogP contribution is 2.23. The summed E-state index contributed by atoms with van der Waals surface area (Å²) in [6, 6.07) is 9.09. The summed E-state index contributed by atoms with van der Waals surface area (Å²) in [4.78, 5) is 35.3. The minimum atomic E-state index is -0.649. The first-order valence-corrected chi connectivity index (χ1v) is 7.61. The van der Waals surface area contributed by atoms with Gasteiger partial charge >= 0.3 is 0 Å². The number of halogens is 1. The fraction of sp³-hybridized carbons (Fsp3) is 0.188. The van der Waals surface area contributed by atoms with Gasteiger partial charge in [0.2, 0.25) is 5.78 Å². The third-order valence-corrected chi connectivity index (χ3v) is 4.21. The van der Waals surface area contributed by atoms with E-state index in [9.17, 15) is 14.4 Å². The molecule has 1 heterocycles. The lowest BCUT2D eigenvalue weighted by molar-refractivity contribution is -0.134. The summed E-state index contributed by atoms with van der Waals surface area (Å²) in [5, 5.41) is 2.48. The minimum Gasteiger partial charge on any atom is -0.294 e. The minimum absolute atomic E-state index is 0.305. The predicted molar refractivity (Wildman–Crippen MR) is 83.2 cm³/mol. The average molecular weight is 321 g/mol. The number of benzene rings is 1. The van der Waals surface area contributed by atoms with Crippen molar-refractivity contribution in [3.63, 3.8) is 0 Å². The van der Waals surface area contributed by atoms with Gasteiger partial charge in [0.05, 0.1) is 6.42 Å². The topological polar surface area (TPSA) is 51.2 Å². The van der Waals surface area contributed by atoms with Gasteiger partial charge in [0, 0.05) is 28.8 Å². The van der Waals surface area contributed by atoms with Crippen LogP contribution in [0.4, 0.5) is 0 Å². The molecular weight excluding hydrogens is 308 g/mol. The lowest BCUT2D eigenvalue weighted by atomic mass is 10.0. The van der Waals surface area contributed by atoms with Crippen LogP contribution in [0.2, 0.25) is 5.02 Å². The lowest BCUT2D eigenvalue weighted by Crippen LogP contribution is -2.15. The van der Waals surface area contributed by atoms with Crippen LogP contribution in [0.3, 0.4) is 0 Å². The Balaban J connectivity index is 2.14. The van der Waals surface area contributed by atoms with E-state index in [1.54, 1.807) is 18.2 Å². The molecule has 0 bridgehead atoms. The number of thiophene rings is 1. The van der Waals surface area contributed by atoms with Crippen molar-refractivity contribution in [2.45, 2.75) is 19.8 Å². The van der Waals surface area contributed by atoms with Crippen LogP contribution in [0, 0.1) is 0 Å². The van der Waals surface area contributed by atoms with Crippen molar-refractivity contribution < 1.29 is 14.4 Å². The molecule has 0 saturated heterocycles. The Labute approximate surface area is 131 Å². The largest absolute Gasteiger partial charge is 0.294 e. The van der Waals surface area contributed by atoms with Crippen LogP contribution in [0.1, 0.15) is 34.1 Å². The average Bonchev–Trinajstić information content (AvgIpc) is 2.89. The van der Waals surface area contributed by atoms with Crippen LogP contribution in [0.25, 0.3) is 0 Å². The second-order valence-electron chi connectivity index (χ2n) is 4.64. The zero-order valence-electron chi connectivity index (χ0n) is 11.4. The van der Waals surface area contributed by atoms with Gasteiger partial charge in [-0.3, -0.25) is 14.4 Å².